The molecule has 0 amide bonds. The van der Waals surface area contributed by atoms with E-state index in [1.165, 1.54) is 0 Å². The lowest BCUT2D eigenvalue weighted by Gasteiger charge is -2.16. The molecule has 0 saturated heterocycles. The zero-order valence-corrected chi connectivity index (χ0v) is 8.95. The normalized spacial score (nSPS) is 15.3. The Balaban J connectivity index is 4.19. The van der Waals surface area contributed by atoms with Crippen LogP contribution in [0.5, 0.6) is 0 Å². The van der Waals surface area contributed by atoms with Crippen LogP contribution >= 0.6 is 11.6 Å². The molecule has 0 aromatic carbocycles. The van der Waals surface area contributed by atoms with Crippen molar-refractivity contribution in [1.82, 2.24) is 4.31 Å². The van der Waals surface area contributed by atoms with E-state index in [4.69, 9.17) is 11.6 Å². The Kier molecular flexibility index (Phi) is 5.09. The van der Waals surface area contributed by atoms with Gasteiger partial charge in [0.15, 0.2) is 0 Å². The van der Waals surface area contributed by atoms with E-state index in [0.29, 0.717) is 10.7 Å². The summed E-state index contributed by atoms with van der Waals surface area (Å²) in [5.41, 5.74) is 0. The van der Waals surface area contributed by atoms with Crippen LogP contribution < -0.4 is 0 Å². The number of rotatable bonds is 5. The molecule has 3 nitrogen and oxygen atoms in total. The first kappa shape index (κ1) is 13.1. The summed E-state index contributed by atoms with van der Waals surface area (Å²) in [7, 11) is -3.32. The molecule has 0 N–H and O–H groups in total. The summed E-state index contributed by atoms with van der Waals surface area (Å²) in [5.74, 6) is -3.36. The molecule has 1 unspecified atom stereocenters. The maximum atomic E-state index is 11.9. The van der Waals surface area contributed by atoms with Gasteiger partial charge in [-0.15, -0.1) is 11.6 Å². The fraction of sp³-hybridized carbons (Fsp3) is 1.00. The van der Waals surface area contributed by atoms with Gasteiger partial charge in [0.05, 0.1) is 0 Å². The summed E-state index contributed by atoms with van der Waals surface area (Å²) in [6, 6.07) is 0. The highest BCUT2D eigenvalue weighted by Gasteiger charge is 2.28. The molecular formula is C6H12ClF2NO2S. The van der Waals surface area contributed by atoms with Gasteiger partial charge in [0.1, 0.15) is 0 Å². The Morgan fingerprint density at radius 1 is 1.46 bits per heavy atom. The van der Waals surface area contributed by atoms with Crippen molar-refractivity contribution in [2.24, 2.45) is 0 Å². The van der Waals surface area contributed by atoms with Crippen molar-refractivity contribution < 1.29 is 17.2 Å². The van der Waals surface area contributed by atoms with Crippen LogP contribution in [-0.2, 0) is 10.0 Å². The maximum absolute atomic E-state index is 11.9. The van der Waals surface area contributed by atoms with Crippen LogP contribution in [0.1, 0.15) is 13.3 Å². The van der Waals surface area contributed by atoms with Crippen molar-refractivity contribution in [3.63, 3.8) is 0 Å². The van der Waals surface area contributed by atoms with Gasteiger partial charge in [0.25, 0.3) is 10.0 Å². The first-order valence-corrected chi connectivity index (χ1v) is 5.59. The quantitative estimate of drug-likeness (QED) is 0.677. The summed E-state index contributed by atoms with van der Waals surface area (Å²) >= 11 is 5.54. The molecule has 80 valence electrons. The molecule has 0 bridgehead atoms. The second-order valence-electron chi connectivity index (χ2n) is 2.70. The van der Waals surface area contributed by atoms with Crippen LogP contribution in [0.25, 0.3) is 0 Å². The third-order valence-electron chi connectivity index (χ3n) is 1.50. The van der Waals surface area contributed by atoms with Gasteiger partial charge in [-0.2, -0.15) is 13.1 Å². The fourth-order valence-corrected chi connectivity index (χ4v) is 1.35. The molecule has 7 heteroatoms. The van der Waals surface area contributed by atoms with Crippen molar-refractivity contribution in [3.8, 4) is 0 Å². The molecule has 0 rings (SSSR count). The Bertz CT molecular complexity index is 243. The van der Waals surface area contributed by atoms with Gasteiger partial charge in [-0.3, -0.25) is 0 Å². The topological polar surface area (TPSA) is 37.4 Å². The molecule has 1 atom stereocenters. The van der Waals surface area contributed by atoms with E-state index in [1.54, 1.807) is 6.92 Å². The summed E-state index contributed by atoms with van der Waals surface area (Å²) in [4.78, 5) is 0. The molecule has 0 fully saturated rings. The predicted molar refractivity (Wildman–Crippen MR) is 47.5 cm³/mol. The molecular weight excluding hydrogens is 224 g/mol. The van der Waals surface area contributed by atoms with Crippen molar-refractivity contribution in [1.29, 1.82) is 0 Å². The minimum Gasteiger partial charge on any atom is -0.206 e. The van der Waals surface area contributed by atoms with Gasteiger partial charge in [-0.05, 0) is 13.3 Å². The predicted octanol–water partition coefficient (Wildman–Crippen LogP) is 1.49. The highest BCUT2D eigenvalue weighted by molar-refractivity contribution is 7.89. The van der Waals surface area contributed by atoms with E-state index in [9.17, 15) is 17.2 Å². The molecule has 13 heavy (non-hydrogen) atoms. The van der Waals surface area contributed by atoms with Crippen LogP contribution in [0.15, 0.2) is 0 Å². The van der Waals surface area contributed by atoms with Gasteiger partial charge in [0.2, 0.25) is 0 Å². The van der Waals surface area contributed by atoms with E-state index in [-0.39, 0.29) is 11.9 Å². The highest BCUT2D eigenvalue weighted by atomic mass is 35.5. The van der Waals surface area contributed by atoms with Crippen LogP contribution in [0.4, 0.5) is 8.78 Å². The van der Waals surface area contributed by atoms with E-state index < -0.39 is 15.8 Å². The number of nitrogens with zero attached hydrogens (tertiary/aromatic N) is 1. The van der Waals surface area contributed by atoms with Crippen molar-refractivity contribution >= 4 is 21.6 Å². The molecule has 0 aliphatic rings. The zero-order chi connectivity index (χ0) is 10.6. The lowest BCUT2D eigenvalue weighted by Crippen LogP contribution is -2.33. The van der Waals surface area contributed by atoms with Crippen LogP contribution in [0.3, 0.4) is 0 Å². The van der Waals surface area contributed by atoms with Gasteiger partial charge in [-0.1, -0.05) is 0 Å². The lowest BCUT2D eigenvalue weighted by molar-refractivity contribution is 0.222. The highest BCUT2D eigenvalue weighted by Crippen LogP contribution is 2.11. The molecule has 0 saturated carbocycles. The summed E-state index contributed by atoms with van der Waals surface area (Å²) < 4.78 is 46.0. The van der Waals surface area contributed by atoms with E-state index in [2.05, 4.69) is 0 Å². The first-order chi connectivity index (χ1) is 5.78. The van der Waals surface area contributed by atoms with Crippen LogP contribution in [0, 0.1) is 0 Å². The molecule has 0 heterocycles. The summed E-state index contributed by atoms with van der Waals surface area (Å²) in [6.45, 7) is 1.68. The summed E-state index contributed by atoms with van der Waals surface area (Å²) in [5, 5.41) is -0.227. The first-order valence-electron chi connectivity index (χ1n) is 3.66. The minimum atomic E-state index is -4.43. The third-order valence-corrected chi connectivity index (χ3v) is 3.22. The molecule has 0 aromatic heterocycles. The smallest absolute Gasteiger partial charge is 0.206 e. The maximum Gasteiger partial charge on any atom is 0.350 e. The lowest BCUT2D eigenvalue weighted by atomic mass is 10.3. The standard InChI is InChI=1S/C6H12ClF2NO2S/c1-5(7)3-4-10(2)13(11,12)6(8)9/h5-6H,3-4H2,1-2H3. The minimum absolute atomic E-state index is 0.0112. The number of sulfonamides is 1. The SMILES string of the molecule is CC(Cl)CCN(C)S(=O)(=O)C(F)F. The van der Waals surface area contributed by atoms with Crippen molar-refractivity contribution in [2.45, 2.75) is 24.5 Å². The molecule has 0 aliphatic heterocycles. The molecule has 0 spiro atoms. The van der Waals surface area contributed by atoms with Gasteiger partial charge < -0.3 is 0 Å². The number of hydrogen-bond donors (Lipinski definition) is 0. The average Bonchev–Trinajstić information content (AvgIpc) is 1.99. The number of halogens is 3. The van der Waals surface area contributed by atoms with E-state index >= 15 is 0 Å². The molecule has 0 aliphatic carbocycles. The fourth-order valence-electron chi connectivity index (χ4n) is 0.623. The molecule has 0 aromatic rings. The Morgan fingerprint density at radius 3 is 2.23 bits per heavy atom. The van der Waals surface area contributed by atoms with Gasteiger partial charge >= 0.3 is 5.76 Å². The second-order valence-corrected chi connectivity index (χ2v) is 5.45. The van der Waals surface area contributed by atoms with E-state index in [0.717, 1.165) is 7.05 Å². The van der Waals surface area contributed by atoms with Crippen LogP contribution in [0.2, 0.25) is 0 Å². The second kappa shape index (κ2) is 5.07. The number of hydrogen-bond acceptors (Lipinski definition) is 2. The monoisotopic (exact) mass is 235 g/mol. The number of alkyl halides is 3. The summed E-state index contributed by atoms with van der Waals surface area (Å²) in [6.07, 6.45) is 0.351. The Hall–Kier alpha value is 0.0600. The van der Waals surface area contributed by atoms with Crippen molar-refractivity contribution in [3.05, 3.63) is 0 Å². The largest absolute Gasteiger partial charge is 0.350 e. The van der Waals surface area contributed by atoms with Crippen LogP contribution in [-0.4, -0.2) is 37.5 Å². The average molecular weight is 236 g/mol. The Morgan fingerprint density at radius 2 is 1.92 bits per heavy atom. The van der Waals surface area contributed by atoms with E-state index in [1.807, 2.05) is 0 Å². The van der Waals surface area contributed by atoms with Gasteiger partial charge in [0, 0.05) is 19.0 Å². The van der Waals surface area contributed by atoms with Gasteiger partial charge in [-0.25, -0.2) is 8.42 Å². The zero-order valence-electron chi connectivity index (χ0n) is 7.37. The molecule has 0 radical (unpaired) electrons. The third kappa shape index (κ3) is 4.19. The van der Waals surface area contributed by atoms with Crippen molar-refractivity contribution in [2.75, 3.05) is 13.6 Å². The Labute approximate surface area is 81.7 Å².